The molecule has 0 saturated heterocycles. The lowest BCUT2D eigenvalue weighted by Crippen LogP contribution is -2.18. The smallest absolute Gasteiger partial charge is 0.132 e. The molecule has 84 valence electrons. The summed E-state index contributed by atoms with van der Waals surface area (Å²) in [6.45, 7) is 5.60. The molecular weight excluding hydrogens is 262 g/mol. The third-order valence-corrected chi connectivity index (χ3v) is 3.91. The topological polar surface area (TPSA) is 0 Å². The minimum absolute atomic E-state index is 0.143. The second-order valence-electron chi connectivity index (χ2n) is 4.63. The zero-order chi connectivity index (χ0) is 11.6. The van der Waals surface area contributed by atoms with E-state index in [0.717, 1.165) is 0 Å². The Morgan fingerprint density at radius 1 is 1.27 bits per heavy atom. The first-order valence-electron chi connectivity index (χ1n) is 4.87. The first kappa shape index (κ1) is 12.6. The van der Waals surface area contributed by atoms with Crippen LogP contribution >= 0.6 is 15.9 Å². The minimum atomic E-state index is -0.452. The molecule has 0 radical (unpaired) electrons. The SMILES string of the molecule is Cc1ccc(F)c(CC(C)(C)CBr)c1F. The average Bonchev–Trinajstić information content (AvgIpc) is 2.19. The van der Waals surface area contributed by atoms with Gasteiger partial charge < -0.3 is 0 Å². The van der Waals surface area contributed by atoms with Crippen molar-refractivity contribution in [2.24, 2.45) is 5.41 Å². The quantitative estimate of drug-likeness (QED) is 0.725. The highest BCUT2D eigenvalue weighted by Gasteiger charge is 2.22. The lowest BCUT2D eigenvalue weighted by atomic mass is 9.87. The van der Waals surface area contributed by atoms with Crippen molar-refractivity contribution in [2.45, 2.75) is 27.2 Å². The molecule has 1 rings (SSSR count). The molecule has 0 nitrogen and oxygen atoms in total. The molecule has 0 unspecified atom stereocenters. The highest BCUT2D eigenvalue weighted by atomic mass is 79.9. The van der Waals surface area contributed by atoms with E-state index in [0.29, 0.717) is 17.3 Å². The fourth-order valence-electron chi connectivity index (χ4n) is 1.40. The zero-order valence-electron chi connectivity index (χ0n) is 9.20. The molecular formula is C12H15BrF2. The molecule has 0 spiro atoms. The third kappa shape index (κ3) is 3.00. The number of alkyl halides is 1. The van der Waals surface area contributed by atoms with Gasteiger partial charge in [-0.1, -0.05) is 35.8 Å². The Balaban J connectivity index is 3.09. The van der Waals surface area contributed by atoms with E-state index in [2.05, 4.69) is 15.9 Å². The highest BCUT2D eigenvalue weighted by Crippen LogP contribution is 2.28. The van der Waals surface area contributed by atoms with Crippen LogP contribution in [0.15, 0.2) is 12.1 Å². The van der Waals surface area contributed by atoms with Gasteiger partial charge in [-0.2, -0.15) is 0 Å². The van der Waals surface area contributed by atoms with Gasteiger partial charge in [0, 0.05) is 10.9 Å². The van der Waals surface area contributed by atoms with E-state index in [9.17, 15) is 8.78 Å². The van der Waals surface area contributed by atoms with Crippen LogP contribution in [0.2, 0.25) is 0 Å². The van der Waals surface area contributed by atoms with Gasteiger partial charge in [-0.3, -0.25) is 0 Å². The van der Waals surface area contributed by atoms with Crippen molar-refractivity contribution >= 4 is 15.9 Å². The molecule has 0 aliphatic carbocycles. The number of hydrogen-bond acceptors (Lipinski definition) is 0. The Labute approximate surface area is 97.8 Å². The van der Waals surface area contributed by atoms with E-state index in [1.807, 2.05) is 13.8 Å². The van der Waals surface area contributed by atoms with Gasteiger partial charge in [0.25, 0.3) is 0 Å². The molecule has 3 heteroatoms. The fraction of sp³-hybridized carbons (Fsp3) is 0.500. The van der Waals surface area contributed by atoms with Gasteiger partial charge in [0.15, 0.2) is 0 Å². The number of halogens is 3. The Kier molecular flexibility index (Phi) is 3.87. The third-order valence-electron chi connectivity index (χ3n) is 2.40. The molecule has 0 fully saturated rings. The van der Waals surface area contributed by atoms with Crippen LogP contribution in [-0.4, -0.2) is 5.33 Å². The summed E-state index contributed by atoms with van der Waals surface area (Å²) in [4.78, 5) is 0. The minimum Gasteiger partial charge on any atom is -0.207 e. The molecule has 0 atom stereocenters. The number of benzene rings is 1. The van der Waals surface area contributed by atoms with E-state index in [1.54, 1.807) is 6.92 Å². The summed E-state index contributed by atoms with van der Waals surface area (Å²) >= 11 is 3.35. The summed E-state index contributed by atoms with van der Waals surface area (Å²) in [5.41, 5.74) is 0.548. The Morgan fingerprint density at radius 3 is 2.40 bits per heavy atom. The van der Waals surface area contributed by atoms with E-state index >= 15 is 0 Å². The van der Waals surface area contributed by atoms with Gasteiger partial charge in [-0.05, 0) is 30.4 Å². The van der Waals surface area contributed by atoms with Gasteiger partial charge in [-0.25, -0.2) is 8.78 Å². The van der Waals surface area contributed by atoms with Gasteiger partial charge in [0.2, 0.25) is 0 Å². The van der Waals surface area contributed by atoms with Crippen molar-refractivity contribution in [3.05, 3.63) is 34.9 Å². The maximum atomic E-state index is 13.7. The summed E-state index contributed by atoms with van der Waals surface area (Å²) in [5, 5.41) is 0.715. The maximum Gasteiger partial charge on any atom is 0.132 e. The average molecular weight is 277 g/mol. The van der Waals surface area contributed by atoms with Crippen LogP contribution in [0.3, 0.4) is 0 Å². The summed E-state index contributed by atoms with van der Waals surface area (Å²) < 4.78 is 27.1. The number of aryl methyl sites for hydroxylation is 1. The molecule has 0 bridgehead atoms. The molecule has 0 heterocycles. The second-order valence-corrected chi connectivity index (χ2v) is 5.19. The summed E-state index contributed by atoms with van der Waals surface area (Å²) in [6, 6.07) is 2.80. The number of rotatable bonds is 3. The van der Waals surface area contributed by atoms with Crippen molar-refractivity contribution in [1.82, 2.24) is 0 Å². The van der Waals surface area contributed by atoms with Crippen molar-refractivity contribution in [1.29, 1.82) is 0 Å². The van der Waals surface area contributed by atoms with Crippen LogP contribution in [0.25, 0.3) is 0 Å². The summed E-state index contributed by atoms with van der Waals surface area (Å²) in [7, 11) is 0. The second kappa shape index (κ2) is 4.60. The summed E-state index contributed by atoms with van der Waals surface area (Å²) in [6.07, 6.45) is 0.400. The van der Waals surface area contributed by atoms with E-state index in [4.69, 9.17) is 0 Å². The van der Waals surface area contributed by atoms with Crippen molar-refractivity contribution in [2.75, 3.05) is 5.33 Å². The predicted molar refractivity (Wildman–Crippen MR) is 62.4 cm³/mol. The molecule has 0 amide bonds. The van der Waals surface area contributed by atoms with Crippen molar-refractivity contribution < 1.29 is 8.78 Å². The van der Waals surface area contributed by atoms with E-state index < -0.39 is 11.6 Å². The van der Waals surface area contributed by atoms with Crippen LogP contribution in [0.1, 0.15) is 25.0 Å². The van der Waals surface area contributed by atoms with Gasteiger partial charge in [0.05, 0.1) is 0 Å². The zero-order valence-corrected chi connectivity index (χ0v) is 10.8. The van der Waals surface area contributed by atoms with Crippen LogP contribution in [-0.2, 0) is 6.42 Å². The van der Waals surface area contributed by atoms with Gasteiger partial charge >= 0.3 is 0 Å². The predicted octanol–water partition coefficient (Wildman–Crippen LogP) is 4.24. The first-order chi connectivity index (χ1) is 6.87. The molecule has 0 aliphatic heterocycles. The van der Waals surface area contributed by atoms with Crippen molar-refractivity contribution in [3.63, 3.8) is 0 Å². The first-order valence-corrected chi connectivity index (χ1v) is 5.99. The maximum absolute atomic E-state index is 13.7. The Morgan fingerprint density at radius 2 is 1.87 bits per heavy atom. The molecule has 1 aromatic rings. The van der Waals surface area contributed by atoms with Gasteiger partial charge in [-0.15, -0.1) is 0 Å². The largest absolute Gasteiger partial charge is 0.207 e. The number of hydrogen-bond donors (Lipinski definition) is 0. The molecule has 15 heavy (non-hydrogen) atoms. The van der Waals surface area contributed by atoms with Crippen LogP contribution < -0.4 is 0 Å². The van der Waals surface area contributed by atoms with E-state index in [1.165, 1.54) is 12.1 Å². The lowest BCUT2D eigenvalue weighted by molar-refractivity contribution is 0.401. The lowest BCUT2D eigenvalue weighted by Gasteiger charge is -2.22. The molecule has 0 aromatic heterocycles. The standard InChI is InChI=1S/C12H15BrF2/c1-8-4-5-10(14)9(11(8)15)6-12(2,3)7-13/h4-5H,6-7H2,1-3H3. The molecule has 0 N–H and O–H groups in total. The van der Waals surface area contributed by atoms with Gasteiger partial charge in [0.1, 0.15) is 11.6 Å². The molecule has 0 saturated carbocycles. The van der Waals surface area contributed by atoms with E-state index in [-0.39, 0.29) is 11.0 Å². The summed E-state index contributed by atoms with van der Waals surface area (Å²) in [5.74, 6) is -0.865. The molecule has 1 aromatic carbocycles. The normalized spacial score (nSPS) is 11.9. The fourth-order valence-corrected chi connectivity index (χ4v) is 1.60. The van der Waals surface area contributed by atoms with Crippen molar-refractivity contribution in [3.8, 4) is 0 Å². The van der Waals surface area contributed by atoms with Crippen LogP contribution in [0, 0.1) is 24.0 Å². The Hall–Kier alpha value is -0.440. The van der Waals surface area contributed by atoms with Crippen LogP contribution in [0.4, 0.5) is 8.78 Å². The molecule has 0 aliphatic rings. The highest BCUT2D eigenvalue weighted by molar-refractivity contribution is 9.09. The monoisotopic (exact) mass is 276 g/mol. The Bertz CT molecular complexity index is 359. The van der Waals surface area contributed by atoms with Crippen LogP contribution in [0.5, 0.6) is 0 Å².